The minimum absolute atomic E-state index is 0.127. The Hall–Kier alpha value is -1.35. The lowest BCUT2D eigenvalue weighted by molar-refractivity contribution is -0.117. The maximum Gasteiger partial charge on any atom is 0.224 e. The number of anilines is 1. The number of rotatable bonds is 3. The van der Waals surface area contributed by atoms with E-state index in [-0.39, 0.29) is 5.91 Å². The number of benzene rings is 1. The highest BCUT2D eigenvalue weighted by Gasteiger charge is 2.18. The summed E-state index contributed by atoms with van der Waals surface area (Å²) < 4.78 is 5.32. The third-order valence-electron chi connectivity index (χ3n) is 3.76. The van der Waals surface area contributed by atoms with Crippen LogP contribution < -0.4 is 5.32 Å². The average Bonchev–Trinajstić information content (AvgIpc) is 2.35. The first-order chi connectivity index (χ1) is 9.06. The van der Waals surface area contributed by atoms with E-state index in [9.17, 15) is 4.79 Å². The van der Waals surface area contributed by atoms with Crippen molar-refractivity contribution in [2.45, 2.75) is 40.0 Å². The Kier molecular flexibility index (Phi) is 4.59. The molecule has 0 bridgehead atoms. The van der Waals surface area contributed by atoms with E-state index in [4.69, 9.17) is 4.74 Å². The predicted octanol–water partition coefficient (Wildman–Crippen LogP) is 3.37. The Morgan fingerprint density at radius 2 is 1.79 bits per heavy atom. The third-order valence-corrected chi connectivity index (χ3v) is 3.76. The molecule has 3 nitrogen and oxygen atoms in total. The molecule has 3 heteroatoms. The second kappa shape index (κ2) is 6.20. The number of aryl methyl sites for hydroxylation is 3. The maximum absolute atomic E-state index is 12.1. The van der Waals surface area contributed by atoms with Crippen LogP contribution in [0.25, 0.3) is 0 Å². The van der Waals surface area contributed by atoms with Crippen LogP contribution in [0.15, 0.2) is 12.1 Å². The zero-order valence-electron chi connectivity index (χ0n) is 12.1. The van der Waals surface area contributed by atoms with E-state index in [1.165, 1.54) is 5.56 Å². The minimum atomic E-state index is 0.127. The molecule has 1 saturated heterocycles. The molecule has 0 saturated carbocycles. The van der Waals surface area contributed by atoms with Crippen molar-refractivity contribution in [2.24, 2.45) is 5.92 Å². The van der Waals surface area contributed by atoms with Crippen molar-refractivity contribution in [2.75, 3.05) is 18.5 Å². The quantitative estimate of drug-likeness (QED) is 0.906. The van der Waals surface area contributed by atoms with Gasteiger partial charge in [0.05, 0.1) is 0 Å². The van der Waals surface area contributed by atoms with Gasteiger partial charge in [0.15, 0.2) is 0 Å². The highest BCUT2D eigenvalue weighted by atomic mass is 16.5. The Labute approximate surface area is 115 Å². The number of amides is 1. The van der Waals surface area contributed by atoms with Gasteiger partial charge in [-0.3, -0.25) is 4.79 Å². The van der Waals surface area contributed by atoms with Crippen LogP contribution in [0, 0.1) is 26.7 Å². The standard InChI is InChI=1S/C16H23NO2/c1-11-8-12(2)16(13(3)9-11)17-15(18)10-14-4-6-19-7-5-14/h8-9,14H,4-7,10H2,1-3H3,(H,17,18). The van der Waals surface area contributed by atoms with Crippen molar-refractivity contribution in [3.8, 4) is 0 Å². The first kappa shape index (κ1) is 14.1. The summed E-state index contributed by atoms with van der Waals surface area (Å²) in [5.41, 5.74) is 4.48. The van der Waals surface area contributed by atoms with Crippen molar-refractivity contribution < 1.29 is 9.53 Å². The summed E-state index contributed by atoms with van der Waals surface area (Å²) in [4.78, 5) is 12.1. The topological polar surface area (TPSA) is 38.3 Å². The molecule has 19 heavy (non-hydrogen) atoms. The molecule has 1 aliphatic heterocycles. The first-order valence-electron chi connectivity index (χ1n) is 7.01. The van der Waals surface area contributed by atoms with Gasteiger partial charge in [0.2, 0.25) is 5.91 Å². The molecule has 0 aliphatic carbocycles. The van der Waals surface area contributed by atoms with Gasteiger partial charge in [-0.15, -0.1) is 0 Å². The molecule has 1 heterocycles. The van der Waals surface area contributed by atoms with Gasteiger partial charge in [-0.1, -0.05) is 17.7 Å². The van der Waals surface area contributed by atoms with Crippen molar-refractivity contribution in [1.29, 1.82) is 0 Å². The van der Waals surface area contributed by atoms with Crippen LogP contribution in [0.2, 0.25) is 0 Å². The summed E-state index contributed by atoms with van der Waals surface area (Å²) in [6.07, 6.45) is 2.61. The summed E-state index contributed by atoms with van der Waals surface area (Å²) in [6.45, 7) is 7.75. The van der Waals surface area contributed by atoms with E-state index >= 15 is 0 Å². The summed E-state index contributed by atoms with van der Waals surface area (Å²) in [6, 6.07) is 4.22. The van der Waals surface area contributed by atoms with Crippen LogP contribution in [0.5, 0.6) is 0 Å². The van der Waals surface area contributed by atoms with Gasteiger partial charge in [-0.05, 0) is 50.7 Å². The van der Waals surface area contributed by atoms with Crippen molar-refractivity contribution >= 4 is 11.6 Å². The molecular weight excluding hydrogens is 238 g/mol. The Balaban J connectivity index is 1.98. The van der Waals surface area contributed by atoms with Gasteiger partial charge >= 0.3 is 0 Å². The highest BCUT2D eigenvalue weighted by Crippen LogP contribution is 2.24. The second-order valence-corrected chi connectivity index (χ2v) is 5.58. The van der Waals surface area contributed by atoms with Gasteiger partial charge in [-0.2, -0.15) is 0 Å². The normalized spacial score (nSPS) is 16.4. The summed E-state index contributed by atoms with van der Waals surface area (Å²) in [5.74, 6) is 0.599. The lowest BCUT2D eigenvalue weighted by Crippen LogP contribution is -2.22. The first-order valence-corrected chi connectivity index (χ1v) is 7.01. The molecule has 1 fully saturated rings. The summed E-state index contributed by atoms with van der Waals surface area (Å²) in [7, 11) is 0. The fourth-order valence-corrected chi connectivity index (χ4v) is 2.78. The van der Waals surface area contributed by atoms with E-state index in [0.29, 0.717) is 12.3 Å². The smallest absolute Gasteiger partial charge is 0.224 e. The van der Waals surface area contributed by atoms with Gasteiger partial charge < -0.3 is 10.1 Å². The van der Waals surface area contributed by atoms with Gasteiger partial charge in [0.1, 0.15) is 0 Å². The average molecular weight is 261 g/mol. The number of ether oxygens (including phenoxy) is 1. The molecule has 1 aromatic carbocycles. The SMILES string of the molecule is Cc1cc(C)c(NC(=O)CC2CCOCC2)c(C)c1. The minimum Gasteiger partial charge on any atom is -0.381 e. The van der Waals surface area contributed by atoms with Crippen LogP contribution in [0.1, 0.15) is 36.0 Å². The van der Waals surface area contributed by atoms with Crippen molar-refractivity contribution in [3.05, 3.63) is 28.8 Å². The van der Waals surface area contributed by atoms with Gasteiger partial charge in [-0.25, -0.2) is 0 Å². The summed E-state index contributed by atoms with van der Waals surface area (Å²) in [5, 5.41) is 3.07. The number of carbonyl (C=O) groups excluding carboxylic acids is 1. The molecule has 1 aliphatic rings. The van der Waals surface area contributed by atoms with Crippen LogP contribution in [0.4, 0.5) is 5.69 Å². The molecule has 1 N–H and O–H groups in total. The maximum atomic E-state index is 12.1. The zero-order chi connectivity index (χ0) is 13.8. The van der Waals surface area contributed by atoms with Crippen LogP contribution >= 0.6 is 0 Å². The lowest BCUT2D eigenvalue weighted by Gasteiger charge is -2.22. The Morgan fingerprint density at radius 1 is 1.21 bits per heavy atom. The molecule has 0 aromatic heterocycles. The molecular formula is C16H23NO2. The monoisotopic (exact) mass is 261 g/mol. The van der Waals surface area contributed by atoms with E-state index in [2.05, 4.69) is 24.4 Å². The molecule has 2 rings (SSSR count). The second-order valence-electron chi connectivity index (χ2n) is 5.58. The zero-order valence-corrected chi connectivity index (χ0v) is 12.1. The molecule has 1 amide bonds. The number of nitrogens with one attached hydrogen (secondary N) is 1. The van der Waals surface area contributed by atoms with Crippen molar-refractivity contribution in [3.63, 3.8) is 0 Å². The van der Waals surface area contributed by atoms with E-state index in [1.807, 2.05) is 13.8 Å². The van der Waals surface area contributed by atoms with Crippen molar-refractivity contribution in [1.82, 2.24) is 0 Å². The van der Waals surface area contributed by atoms with Gasteiger partial charge in [0.25, 0.3) is 0 Å². The van der Waals surface area contributed by atoms with E-state index in [0.717, 1.165) is 42.9 Å². The molecule has 0 atom stereocenters. The molecule has 104 valence electrons. The fraction of sp³-hybridized carbons (Fsp3) is 0.562. The number of hydrogen-bond acceptors (Lipinski definition) is 2. The number of carbonyl (C=O) groups is 1. The molecule has 0 spiro atoms. The van der Waals surface area contributed by atoms with E-state index < -0.39 is 0 Å². The number of hydrogen-bond donors (Lipinski definition) is 1. The van der Waals surface area contributed by atoms with E-state index in [1.54, 1.807) is 0 Å². The molecule has 0 unspecified atom stereocenters. The summed E-state index contributed by atoms with van der Waals surface area (Å²) >= 11 is 0. The van der Waals surface area contributed by atoms with Crippen LogP contribution in [-0.4, -0.2) is 19.1 Å². The lowest BCUT2D eigenvalue weighted by atomic mass is 9.96. The highest BCUT2D eigenvalue weighted by molar-refractivity contribution is 5.92. The Morgan fingerprint density at radius 3 is 2.37 bits per heavy atom. The largest absolute Gasteiger partial charge is 0.381 e. The van der Waals surface area contributed by atoms with Gasteiger partial charge in [0, 0.05) is 25.3 Å². The molecule has 1 aromatic rings. The Bertz CT molecular complexity index is 439. The van der Waals surface area contributed by atoms with Crippen LogP contribution in [0.3, 0.4) is 0 Å². The molecule has 0 radical (unpaired) electrons. The van der Waals surface area contributed by atoms with Crippen LogP contribution in [-0.2, 0) is 9.53 Å². The third kappa shape index (κ3) is 3.80. The predicted molar refractivity (Wildman–Crippen MR) is 77.4 cm³/mol. The fourth-order valence-electron chi connectivity index (χ4n) is 2.78.